The lowest BCUT2D eigenvalue weighted by atomic mass is 10.3. The van der Waals surface area contributed by atoms with E-state index in [1.54, 1.807) is 4.90 Å². The van der Waals surface area contributed by atoms with Crippen molar-refractivity contribution >= 4 is 23.7 Å². The number of hydrogen-bond acceptors (Lipinski definition) is 6. The number of aromatic nitrogens is 2. The smallest absolute Gasteiger partial charge is 0.209 e. The summed E-state index contributed by atoms with van der Waals surface area (Å²) in [6, 6.07) is 9.77. The maximum Gasteiger partial charge on any atom is 0.209 e. The Morgan fingerprint density at radius 2 is 1.81 bits per heavy atom. The standard InChI is InChI=1S/C19H25N5O2/c1-14(2)26-17-6-4-16(5-7-17)22-18-12-19(21-15(3)20-18)24-10-8-23(13-25)9-11-24/h4-7,12-14H,8-11H2,1-3H3,(H,20,21,22). The van der Waals surface area contributed by atoms with E-state index in [0.717, 1.165) is 42.6 Å². The number of ether oxygens (including phenoxy) is 1. The molecule has 0 spiro atoms. The number of carbonyl (C=O) groups excluding carboxylic acids is 1. The first-order valence-corrected chi connectivity index (χ1v) is 8.87. The van der Waals surface area contributed by atoms with Crippen molar-refractivity contribution in [1.82, 2.24) is 14.9 Å². The highest BCUT2D eigenvalue weighted by Crippen LogP contribution is 2.23. The molecular weight excluding hydrogens is 330 g/mol. The third-order valence-corrected chi connectivity index (χ3v) is 4.11. The van der Waals surface area contributed by atoms with Crippen molar-refractivity contribution in [3.05, 3.63) is 36.2 Å². The Hall–Kier alpha value is -2.83. The molecule has 1 aliphatic heterocycles. The average molecular weight is 355 g/mol. The van der Waals surface area contributed by atoms with Crippen LogP contribution < -0.4 is 15.0 Å². The number of rotatable bonds is 6. The van der Waals surface area contributed by atoms with Crippen molar-refractivity contribution in [3.8, 4) is 5.75 Å². The number of aryl methyl sites for hydroxylation is 1. The fourth-order valence-electron chi connectivity index (χ4n) is 2.87. The molecule has 1 N–H and O–H groups in total. The molecule has 1 saturated heterocycles. The molecule has 1 fully saturated rings. The Balaban J connectivity index is 1.70. The molecule has 1 aromatic carbocycles. The van der Waals surface area contributed by atoms with E-state index in [0.29, 0.717) is 18.9 Å². The Labute approximate surface area is 154 Å². The number of carbonyl (C=O) groups is 1. The van der Waals surface area contributed by atoms with E-state index >= 15 is 0 Å². The third kappa shape index (κ3) is 4.62. The number of benzene rings is 1. The highest BCUT2D eigenvalue weighted by Gasteiger charge is 2.17. The van der Waals surface area contributed by atoms with Gasteiger partial charge in [0.05, 0.1) is 6.10 Å². The summed E-state index contributed by atoms with van der Waals surface area (Å²) in [7, 11) is 0. The van der Waals surface area contributed by atoms with Crippen molar-refractivity contribution in [3.63, 3.8) is 0 Å². The van der Waals surface area contributed by atoms with E-state index in [-0.39, 0.29) is 6.10 Å². The molecule has 26 heavy (non-hydrogen) atoms. The van der Waals surface area contributed by atoms with Crippen LogP contribution in [0.2, 0.25) is 0 Å². The first-order chi connectivity index (χ1) is 12.5. The highest BCUT2D eigenvalue weighted by molar-refractivity contribution is 5.60. The Bertz CT molecular complexity index is 740. The molecule has 0 unspecified atom stereocenters. The molecule has 2 aromatic rings. The minimum atomic E-state index is 0.153. The van der Waals surface area contributed by atoms with Crippen LogP contribution in [0.25, 0.3) is 0 Å². The van der Waals surface area contributed by atoms with Gasteiger partial charge in [0.15, 0.2) is 0 Å². The van der Waals surface area contributed by atoms with Gasteiger partial charge in [0, 0.05) is 37.9 Å². The van der Waals surface area contributed by atoms with Crippen molar-refractivity contribution in [2.24, 2.45) is 0 Å². The van der Waals surface area contributed by atoms with Gasteiger partial charge in [-0.1, -0.05) is 0 Å². The van der Waals surface area contributed by atoms with Crippen LogP contribution in [0.4, 0.5) is 17.3 Å². The maximum atomic E-state index is 10.9. The summed E-state index contributed by atoms with van der Waals surface area (Å²) in [5.41, 5.74) is 0.941. The molecule has 0 atom stereocenters. The first-order valence-electron chi connectivity index (χ1n) is 8.87. The summed E-state index contributed by atoms with van der Waals surface area (Å²) in [5, 5.41) is 3.32. The molecule has 0 radical (unpaired) electrons. The van der Waals surface area contributed by atoms with Crippen LogP contribution in [0.5, 0.6) is 5.75 Å². The number of amides is 1. The fraction of sp³-hybridized carbons (Fsp3) is 0.421. The summed E-state index contributed by atoms with van der Waals surface area (Å²) in [6.45, 7) is 8.87. The van der Waals surface area contributed by atoms with Gasteiger partial charge in [-0.05, 0) is 45.0 Å². The lowest BCUT2D eigenvalue weighted by Crippen LogP contribution is -2.46. The Morgan fingerprint density at radius 1 is 1.12 bits per heavy atom. The largest absolute Gasteiger partial charge is 0.491 e. The van der Waals surface area contributed by atoms with Crippen molar-refractivity contribution in [1.29, 1.82) is 0 Å². The van der Waals surface area contributed by atoms with Crippen LogP contribution in [0.1, 0.15) is 19.7 Å². The molecule has 1 amide bonds. The number of anilines is 3. The second-order valence-corrected chi connectivity index (χ2v) is 6.60. The monoisotopic (exact) mass is 355 g/mol. The van der Waals surface area contributed by atoms with Gasteiger partial charge in [-0.15, -0.1) is 0 Å². The van der Waals surface area contributed by atoms with Crippen LogP contribution in [-0.4, -0.2) is 53.6 Å². The number of hydrogen-bond donors (Lipinski definition) is 1. The molecule has 1 aromatic heterocycles. The topological polar surface area (TPSA) is 70.6 Å². The molecule has 0 aliphatic carbocycles. The van der Waals surface area contributed by atoms with Crippen LogP contribution in [0, 0.1) is 6.92 Å². The number of nitrogens with zero attached hydrogens (tertiary/aromatic N) is 4. The molecule has 0 bridgehead atoms. The molecule has 1 aliphatic rings. The van der Waals surface area contributed by atoms with E-state index in [4.69, 9.17) is 4.74 Å². The van der Waals surface area contributed by atoms with E-state index < -0.39 is 0 Å². The fourth-order valence-corrected chi connectivity index (χ4v) is 2.87. The Morgan fingerprint density at radius 3 is 2.42 bits per heavy atom. The van der Waals surface area contributed by atoms with Gasteiger partial charge < -0.3 is 19.9 Å². The predicted octanol–water partition coefficient (Wildman–Crippen LogP) is 2.59. The van der Waals surface area contributed by atoms with Gasteiger partial charge in [0.25, 0.3) is 0 Å². The molecule has 2 heterocycles. The van der Waals surface area contributed by atoms with E-state index in [2.05, 4.69) is 20.2 Å². The van der Waals surface area contributed by atoms with Gasteiger partial charge in [0.1, 0.15) is 23.2 Å². The zero-order valence-corrected chi connectivity index (χ0v) is 15.5. The predicted molar refractivity (Wildman–Crippen MR) is 102 cm³/mol. The number of piperazine rings is 1. The quantitative estimate of drug-likeness (QED) is 0.803. The lowest BCUT2D eigenvalue weighted by molar-refractivity contribution is -0.118. The maximum absolute atomic E-state index is 10.9. The molecular formula is C19H25N5O2. The molecule has 0 saturated carbocycles. The lowest BCUT2D eigenvalue weighted by Gasteiger charge is -2.33. The molecule has 3 rings (SSSR count). The third-order valence-electron chi connectivity index (χ3n) is 4.11. The summed E-state index contributed by atoms with van der Waals surface area (Å²) in [5.74, 6) is 3.19. The van der Waals surface area contributed by atoms with Gasteiger partial charge in [-0.25, -0.2) is 9.97 Å². The van der Waals surface area contributed by atoms with E-state index in [9.17, 15) is 4.79 Å². The second kappa shape index (κ2) is 8.03. The SMILES string of the molecule is Cc1nc(Nc2ccc(OC(C)C)cc2)cc(N2CCN(C=O)CC2)n1. The Kier molecular flexibility index (Phi) is 5.55. The zero-order valence-electron chi connectivity index (χ0n) is 15.5. The van der Waals surface area contributed by atoms with Crippen LogP contribution in [0.3, 0.4) is 0 Å². The normalized spacial score (nSPS) is 14.5. The first kappa shape index (κ1) is 18.0. The van der Waals surface area contributed by atoms with Gasteiger partial charge in [-0.3, -0.25) is 4.79 Å². The molecule has 7 nitrogen and oxygen atoms in total. The summed E-state index contributed by atoms with van der Waals surface area (Å²) in [4.78, 5) is 23.8. The second-order valence-electron chi connectivity index (χ2n) is 6.60. The molecule has 138 valence electrons. The minimum Gasteiger partial charge on any atom is -0.491 e. The summed E-state index contributed by atoms with van der Waals surface area (Å²) < 4.78 is 5.67. The van der Waals surface area contributed by atoms with E-state index in [1.165, 1.54) is 0 Å². The summed E-state index contributed by atoms with van der Waals surface area (Å²) in [6.07, 6.45) is 1.06. The van der Waals surface area contributed by atoms with Crippen LogP contribution in [0.15, 0.2) is 30.3 Å². The van der Waals surface area contributed by atoms with Crippen LogP contribution in [-0.2, 0) is 4.79 Å². The van der Waals surface area contributed by atoms with Crippen molar-refractivity contribution in [2.45, 2.75) is 26.9 Å². The number of nitrogens with one attached hydrogen (secondary N) is 1. The summed E-state index contributed by atoms with van der Waals surface area (Å²) >= 11 is 0. The van der Waals surface area contributed by atoms with Crippen LogP contribution >= 0.6 is 0 Å². The van der Waals surface area contributed by atoms with Crippen molar-refractivity contribution < 1.29 is 9.53 Å². The van der Waals surface area contributed by atoms with Crippen molar-refractivity contribution in [2.75, 3.05) is 36.4 Å². The zero-order chi connectivity index (χ0) is 18.5. The molecule has 7 heteroatoms. The van der Waals surface area contributed by atoms with Gasteiger partial charge in [0.2, 0.25) is 6.41 Å². The minimum absolute atomic E-state index is 0.153. The van der Waals surface area contributed by atoms with E-state index in [1.807, 2.05) is 51.1 Å². The highest BCUT2D eigenvalue weighted by atomic mass is 16.5. The van der Waals surface area contributed by atoms with Gasteiger partial charge in [-0.2, -0.15) is 0 Å². The van der Waals surface area contributed by atoms with Gasteiger partial charge >= 0.3 is 0 Å². The average Bonchev–Trinajstić information content (AvgIpc) is 2.62.